The summed E-state index contributed by atoms with van der Waals surface area (Å²) in [5.41, 5.74) is 2.51. The number of rotatable bonds is 6. The van der Waals surface area contributed by atoms with Gasteiger partial charge in [-0.3, -0.25) is 9.52 Å². The molecule has 0 atom stereocenters. The zero-order valence-corrected chi connectivity index (χ0v) is 17.2. The highest BCUT2D eigenvalue weighted by Crippen LogP contribution is 2.21. The second kappa shape index (κ2) is 8.38. The van der Waals surface area contributed by atoms with E-state index in [0.717, 1.165) is 5.56 Å². The summed E-state index contributed by atoms with van der Waals surface area (Å²) in [5, 5.41) is 11.8. The van der Waals surface area contributed by atoms with Gasteiger partial charge in [0.05, 0.1) is 10.5 Å². The van der Waals surface area contributed by atoms with Crippen LogP contribution < -0.4 is 10.0 Å². The van der Waals surface area contributed by atoms with Crippen molar-refractivity contribution in [1.82, 2.24) is 0 Å². The van der Waals surface area contributed by atoms with Crippen LogP contribution in [0.3, 0.4) is 0 Å². The SMILES string of the molecule is Cc1ccc(S(=O)(=O)Nc2cccc(C(=O)Nc3cc(C(=O)O)ccc3C)c2)cc1. The summed E-state index contributed by atoms with van der Waals surface area (Å²) in [6.07, 6.45) is 0. The minimum atomic E-state index is -3.80. The van der Waals surface area contributed by atoms with E-state index in [1.54, 1.807) is 37.3 Å². The van der Waals surface area contributed by atoms with Crippen molar-refractivity contribution in [1.29, 1.82) is 0 Å². The third-order valence-electron chi connectivity index (χ3n) is 4.44. The van der Waals surface area contributed by atoms with Gasteiger partial charge >= 0.3 is 5.97 Å². The molecule has 0 aliphatic rings. The maximum atomic E-state index is 12.6. The van der Waals surface area contributed by atoms with E-state index in [1.807, 2.05) is 6.92 Å². The Balaban J connectivity index is 1.81. The van der Waals surface area contributed by atoms with Gasteiger partial charge in [-0.1, -0.05) is 29.8 Å². The van der Waals surface area contributed by atoms with Crippen LogP contribution in [0.4, 0.5) is 11.4 Å². The van der Waals surface area contributed by atoms with Crippen molar-refractivity contribution in [2.24, 2.45) is 0 Å². The predicted octanol–water partition coefficient (Wildman–Crippen LogP) is 4.05. The fourth-order valence-corrected chi connectivity index (χ4v) is 3.79. The van der Waals surface area contributed by atoms with Crippen LogP contribution in [0.1, 0.15) is 31.8 Å². The topological polar surface area (TPSA) is 113 Å². The average molecular weight is 424 g/mol. The molecule has 0 aliphatic heterocycles. The van der Waals surface area contributed by atoms with E-state index in [-0.39, 0.29) is 21.7 Å². The average Bonchev–Trinajstić information content (AvgIpc) is 2.69. The molecule has 0 spiro atoms. The van der Waals surface area contributed by atoms with Gasteiger partial charge in [0.25, 0.3) is 15.9 Å². The lowest BCUT2D eigenvalue weighted by atomic mass is 10.1. The zero-order valence-electron chi connectivity index (χ0n) is 16.3. The third-order valence-corrected chi connectivity index (χ3v) is 5.84. The number of sulfonamides is 1. The van der Waals surface area contributed by atoms with Crippen LogP contribution >= 0.6 is 0 Å². The van der Waals surface area contributed by atoms with Gasteiger partial charge in [-0.05, 0) is 61.9 Å². The van der Waals surface area contributed by atoms with Gasteiger partial charge in [0.2, 0.25) is 0 Å². The monoisotopic (exact) mass is 424 g/mol. The molecule has 154 valence electrons. The predicted molar refractivity (Wildman–Crippen MR) is 115 cm³/mol. The van der Waals surface area contributed by atoms with Crippen LogP contribution in [-0.4, -0.2) is 25.4 Å². The molecule has 0 bridgehead atoms. The quantitative estimate of drug-likeness (QED) is 0.552. The molecule has 0 radical (unpaired) electrons. The number of aryl methyl sites for hydroxylation is 2. The first-order chi connectivity index (χ1) is 14.2. The number of carbonyl (C=O) groups is 2. The van der Waals surface area contributed by atoms with Crippen molar-refractivity contribution < 1.29 is 23.1 Å². The van der Waals surface area contributed by atoms with E-state index in [9.17, 15) is 18.0 Å². The van der Waals surface area contributed by atoms with Crippen molar-refractivity contribution in [2.45, 2.75) is 18.7 Å². The van der Waals surface area contributed by atoms with E-state index in [2.05, 4.69) is 10.0 Å². The first-order valence-corrected chi connectivity index (χ1v) is 10.5. The van der Waals surface area contributed by atoms with Crippen molar-refractivity contribution in [3.8, 4) is 0 Å². The molecule has 0 unspecified atom stereocenters. The highest BCUT2D eigenvalue weighted by Gasteiger charge is 2.16. The van der Waals surface area contributed by atoms with Crippen molar-refractivity contribution in [3.05, 3.63) is 89.0 Å². The van der Waals surface area contributed by atoms with Crippen molar-refractivity contribution in [2.75, 3.05) is 10.0 Å². The summed E-state index contributed by atoms with van der Waals surface area (Å²) in [7, 11) is -3.80. The Morgan fingerprint density at radius 1 is 0.867 bits per heavy atom. The van der Waals surface area contributed by atoms with Crippen LogP contribution in [0, 0.1) is 13.8 Å². The Bertz CT molecular complexity index is 1220. The lowest BCUT2D eigenvalue weighted by Gasteiger charge is -2.12. The molecule has 3 aromatic rings. The Labute approximate surface area is 174 Å². The number of carboxylic acid groups (broad SMARTS) is 1. The normalized spacial score (nSPS) is 11.0. The number of benzene rings is 3. The number of carboxylic acids is 1. The van der Waals surface area contributed by atoms with E-state index in [1.165, 1.54) is 36.4 Å². The summed E-state index contributed by atoms with van der Waals surface area (Å²) >= 11 is 0. The smallest absolute Gasteiger partial charge is 0.335 e. The number of aromatic carboxylic acids is 1. The van der Waals surface area contributed by atoms with E-state index in [0.29, 0.717) is 11.3 Å². The van der Waals surface area contributed by atoms with Gasteiger partial charge in [-0.15, -0.1) is 0 Å². The van der Waals surface area contributed by atoms with Gasteiger partial charge in [0.1, 0.15) is 0 Å². The largest absolute Gasteiger partial charge is 0.478 e. The highest BCUT2D eigenvalue weighted by molar-refractivity contribution is 7.92. The summed E-state index contributed by atoms with van der Waals surface area (Å²) in [6.45, 7) is 3.60. The van der Waals surface area contributed by atoms with Crippen molar-refractivity contribution in [3.63, 3.8) is 0 Å². The van der Waals surface area contributed by atoms with Crippen molar-refractivity contribution >= 4 is 33.3 Å². The number of hydrogen-bond donors (Lipinski definition) is 3. The Morgan fingerprint density at radius 3 is 2.23 bits per heavy atom. The van der Waals surface area contributed by atoms with Crippen LogP contribution in [-0.2, 0) is 10.0 Å². The molecule has 30 heavy (non-hydrogen) atoms. The molecule has 0 saturated carbocycles. The summed E-state index contributed by atoms with van der Waals surface area (Å²) in [6, 6.07) is 16.9. The van der Waals surface area contributed by atoms with Crippen LogP contribution in [0.2, 0.25) is 0 Å². The molecule has 1 amide bonds. The number of amides is 1. The second-order valence-electron chi connectivity index (χ2n) is 6.79. The molecule has 0 heterocycles. The summed E-state index contributed by atoms with van der Waals surface area (Å²) < 4.78 is 27.6. The maximum absolute atomic E-state index is 12.6. The third kappa shape index (κ3) is 4.84. The van der Waals surface area contributed by atoms with Crippen LogP contribution in [0.25, 0.3) is 0 Å². The Hall–Kier alpha value is -3.65. The second-order valence-corrected chi connectivity index (χ2v) is 8.47. The highest BCUT2D eigenvalue weighted by atomic mass is 32.2. The standard InChI is InChI=1S/C22H20N2O5S/c1-14-6-10-19(11-7-14)30(28,29)24-18-5-3-4-16(12-18)21(25)23-20-13-17(22(26)27)9-8-15(20)2/h3-13,24H,1-2H3,(H,23,25)(H,26,27). The molecular weight excluding hydrogens is 404 g/mol. The molecule has 3 N–H and O–H groups in total. The molecular formula is C22H20N2O5S. The van der Waals surface area contributed by atoms with Gasteiger partial charge in [-0.25, -0.2) is 13.2 Å². The summed E-state index contributed by atoms with van der Waals surface area (Å²) in [4.78, 5) is 23.9. The molecule has 3 rings (SSSR count). The summed E-state index contributed by atoms with van der Waals surface area (Å²) in [5.74, 6) is -1.59. The van der Waals surface area contributed by atoms with Gasteiger partial charge in [-0.2, -0.15) is 0 Å². The van der Waals surface area contributed by atoms with Gasteiger partial charge < -0.3 is 10.4 Å². The minimum absolute atomic E-state index is 0.0514. The first-order valence-electron chi connectivity index (χ1n) is 9.00. The molecule has 3 aromatic carbocycles. The van der Waals surface area contributed by atoms with E-state index >= 15 is 0 Å². The van der Waals surface area contributed by atoms with Gasteiger partial charge in [0.15, 0.2) is 0 Å². The fourth-order valence-electron chi connectivity index (χ4n) is 2.74. The number of carbonyl (C=O) groups excluding carboxylic acids is 1. The lowest BCUT2D eigenvalue weighted by molar-refractivity contribution is 0.0696. The molecule has 8 heteroatoms. The molecule has 0 fully saturated rings. The van der Waals surface area contributed by atoms with Crippen LogP contribution in [0.5, 0.6) is 0 Å². The van der Waals surface area contributed by atoms with E-state index in [4.69, 9.17) is 5.11 Å². The lowest BCUT2D eigenvalue weighted by Crippen LogP contribution is -2.16. The Kier molecular flexibility index (Phi) is 5.89. The molecule has 0 saturated heterocycles. The number of anilines is 2. The maximum Gasteiger partial charge on any atom is 0.335 e. The molecule has 7 nitrogen and oxygen atoms in total. The fraction of sp³-hybridized carbons (Fsp3) is 0.0909. The van der Waals surface area contributed by atoms with E-state index < -0.39 is 21.9 Å². The minimum Gasteiger partial charge on any atom is -0.478 e. The van der Waals surface area contributed by atoms with Gasteiger partial charge in [0, 0.05) is 16.9 Å². The molecule has 0 aromatic heterocycles. The first kappa shape index (κ1) is 21.1. The molecule has 0 aliphatic carbocycles. The number of hydrogen-bond acceptors (Lipinski definition) is 4. The zero-order chi connectivity index (χ0) is 21.9. The van der Waals surface area contributed by atoms with Crippen LogP contribution in [0.15, 0.2) is 71.6 Å². The number of nitrogens with one attached hydrogen (secondary N) is 2. The Morgan fingerprint density at radius 2 is 1.57 bits per heavy atom.